The van der Waals surface area contributed by atoms with E-state index < -0.39 is 17.6 Å². The van der Waals surface area contributed by atoms with Crippen molar-refractivity contribution in [2.75, 3.05) is 26.7 Å². The van der Waals surface area contributed by atoms with E-state index in [4.69, 9.17) is 9.47 Å². The molecule has 6 aliphatic rings. The normalized spacial score (nSPS) is 49.8. The van der Waals surface area contributed by atoms with E-state index in [9.17, 15) is 14.4 Å². The average Bonchev–Trinajstić information content (AvgIpc) is 3.19. The predicted octanol–water partition coefficient (Wildman–Crippen LogP) is 4.35. The summed E-state index contributed by atoms with van der Waals surface area (Å²) in [6.07, 6.45) is 10.4. The maximum atomic E-state index is 14.2. The molecule has 11 atom stereocenters. The molecule has 2 amide bonds. The lowest BCUT2D eigenvalue weighted by Crippen LogP contribution is -2.58. The summed E-state index contributed by atoms with van der Waals surface area (Å²) < 4.78 is 12.4. The summed E-state index contributed by atoms with van der Waals surface area (Å²) in [6, 6.07) is 0. The molecule has 6 fully saturated rings. The molecule has 7 nitrogen and oxygen atoms in total. The van der Waals surface area contributed by atoms with Gasteiger partial charge in [-0.1, -0.05) is 26.0 Å². The number of amides is 2. The topological polar surface area (TPSA) is 84.9 Å². The third kappa shape index (κ3) is 3.70. The summed E-state index contributed by atoms with van der Waals surface area (Å²) in [4.78, 5) is 42.9. The van der Waals surface area contributed by atoms with Crippen LogP contribution in [0.5, 0.6) is 0 Å². The Labute approximate surface area is 221 Å². The second kappa shape index (κ2) is 8.90. The summed E-state index contributed by atoms with van der Waals surface area (Å²) in [7, 11) is 1.79. The minimum atomic E-state index is -0.634. The summed E-state index contributed by atoms with van der Waals surface area (Å²) in [6.45, 7) is 8.94. The molecule has 2 aliphatic heterocycles. The molecule has 0 radical (unpaired) electrons. The Bertz CT molecular complexity index is 1010. The number of allylic oxidation sites excluding steroid dienone is 2. The number of methoxy groups -OCH3 is 1. The van der Waals surface area contributed by atoms with E-state index in [1.54, 1.807) is 7.11 Å². The number of ether oxygens (including phenoxy) is 2. The molecule has 2 saturated heterocycles. The van der Waals surface area contributed by atoms with Crippen molar-refractivity contribution in [2.45, 2.75) is 84.3 Å². The van der Waals surface area contributed by atoms with E-state index in [0.29, 0.717) is 30.5 Å². The van der Waals surface area contributed by atoms with E-state index in [0.717, 1.165) is 58.2 Å². The van der Waals surface area contributed by atoms with E-state index in [1.165, 1.54) is 0 Å². The number of fused-ring (bicyclic) bond motifs is 2. The van der Waals surface area contributed by atoms with Gasteiger partial charge in [0.15, 0.2) is 0 Å². The van der Waals surface area contributed by atoms with Crippen LogP contribution >= 0.6 is 0 Å². The van der Waals surface area contributed by atoms with Gasteiger partial charge in [0.25, 0.3) is 0 Å². The van der Waals surface area contributed by atoms with Crippen LogP contribution in [0.25, 0.3) is 0 Å². The van der Waals surface area contributed by atoms with Gasteiger partial charge in [0.2, 0.25) is 5.91 Å². The SMILES string of the molecule is C/C=C/C[C@]1(C)C[C@@H](OC(=O)NC(=O)[C@H]2CN3CC[C@@H]2C3)[C@]23C[C@@H]2CCC2(CC[C@@H](OC)C23)[C@@H](C)C1=O. The zero-order valence-corrected chi connectivity index (χ0v) is 23.0. The van der Waals surface area contributed by atoms with Gasteiger partial charge in [-0.15, -0.1) is 0 Å². The van der Waals surface area contributed by atoms with Crippen LogP contribution in [0.3, 0.4) is 0 Å². The standard InChI is InChI=1S/C30H44N2O5/c1-5-6-10-28(3)15-23(37-27(35)31-26(34)21-17-32-13-9-19(21)16-32)30-14-20(30)7-11-29(18(2)25(28)33)12-8-22(36-4)24(29)30/h5-6,18-24H,7-17H2,1-4H3,(H,31,34,35)/b6-5+/t18-,19+,20-,21-,22+,23+,24?,28+,29?,30-/m0/s1. The van der Waals surface area contributed by atoms with Gasteiger partial charge in [0.1, 0.15) is 11.9 Å². The molecule has 4 saturated carbocycles. The Balaban J connectivity index is 1.31. The molecule has 0 aromatic rings. The van der Waals surface area contributed by atoms with Crippen molar-refractivity contribution < 1.29 is 23.9 Å². The number of hydrogen-bond donors (Lipinski definition) is 1. The number of hydrogen-bond acceptors (Lipinski definition) is 6. The molecule has 2 heterocycles. The van der Waals surface area contributed by atoms with Crippen LogP contribution in [-0.4, -0.2) is 61.6 Å². The van der Waals surface area contributed by atoms with Gasteiger partial charge in [-0.25, -0.2) is 4.79 Å². The lowest BCUT2D eigenvalue weighted by molar-refractivity contribution is -0.160. The zero-order valence-electron chi connectivity index (χ0n) is 23.0. The second-order valence-corrected chi connectivity index (χ2v) is 13.5. The molecule has 1 N–H and O–H groups in total. The monoisotopic (exact) mass is 512 g/mol. The molecule has 37 heavy (non-hydrogen) atoms. The van der Waals surface area contributed by atoms with Crippen LogP contribution < -0.4 is 5.32 Å². The van der Waals surface area contributed by atoms with Gasteiger partial charge in [-0.2, -0.15) is 0 Å². The summed E-state index contributed by atoms with van der Waals surface area (Å²) in [5.41, 5.74) is -0.882. The number of carbonyl (C=O) groups excluding carboxylic acids is 3. The highest BCUT2D eigenvalue weighted by Gasteiger charge is 2.77. The number of imide groups is 1. The number of ketones is 1. The predicted molar refractivity (Wildman–Crippen MR) is 139 cm³/mol. The van der Waals surface area contributed by atoms with Crippen molar-refractivity contribution >= 4 is 17.8 Å². The first-order valence-corrected chi connectivity index (χ1v) is 14.6. The van der Waals surface area contributed by atoms with Crippen LogP contribution in [0.2, 0.25) is 0 Å². The van der Waals surface area contributed by atoms with E-state index in [-0.39, 0.29) is 40.6 Å². The quantitative estimate of drug-likeness (QED) is 0.551. The minimum Gasteiger partial charge on any atom is -0.445 e. The van der Waals surface area contributed by atoms with Gasteiger partial charge < -0.3 is 14.4 Å². The van der Waals surface area contributed by atoms with Crippen molar-refractivity contribution in [3.8, 4) is 0 Å². The highest BCUT2D eigenvalue weighted by molar-refractivity contribution is 5.94. The molecule has 3 unspecified atom stereocenters. The van der Waals surface area contributed by atoms with Gasteiger partial charge in [0, 0.05) is 42.9 Å². The molecule has 1 spiro atoms. The van der Waals surface area contributed by atoms with Crippen LogP contribution in [0.15, 0.2) is 12.2 Å². The van der Waals surface area contributed by atoms with Crippen molar-refractivity contribution in [2.24, 2.45) is 45.8 Å². The molecular formula is C30H44N2O5. The zero-order chi connectivity index (χ0) is 26.2. The first-order chi connectivity index (χ1) is 17.7. The molecule has 204 valence electrons. The first kappa shape index (κ1) is 25.5. The maximum absolute atomic E-state index is 14.2. The minimum absolute atomic E-state index is 0.0459. The molecule has 4 bridgehead atoms. The fourth-order valence-electron chi connectivity index (χ4n) is 10.0. The van der Waals surface area contributed by atoms with E-state index in [2.05, 4.69) is 30.1 Å². The number of rotatable bonds is 5. The molecule has 0 aromatic heterocycles. The van der Waals surface area contributed by atoms with E-state index in [1.807, 2.05) is 13.0 Å². The number of piperidine rings is 1. The highest BCUT2D eigenvalue weighted by Crippen LogP contribution is 2.78. The van der Waals surface area contributed by atoms with Crippen LogP contribution in [0.4, 0.5) is 4.79 Å². The number of nitrogens with one attached hydrogen (secondary N) is 1. The Morgan fingerprint density at radius 2 is 1.95 bits per heavy atom. The fraction of sp³-hybridized carbons (Fsp3) is 0.833. The third-order valence-electron chi connectivity index (χ3n) is 12.0. The largest absolute Gasteiger partial charge is 0.445 e. The number of Topliss-reactive ketones (excluding diaryl/α,β-unsaturated/α-hetero) is 1. The van der Waals surface area contributed by atoms with Crippen molar-refractivity contribution in [3.05, 3.63) is 12.2 Å². The summed E-state index contributed by atoms with van der Waals surface area (Å²) in [5, 5.41) is 2.62. The van der Waals surface area contributed by atoms with Crippen LogP contribution in [-0.2, 0) is 19.1 Å². The second-order valence-electron chi connectivity index (χ2n) is 13.5. The van der Waals surface area contributed by atoms with Crippen molar-refractivity contribution in [1.82, 2.24) is 10.2 Å². The molecule has 0 aromatic carbocycles. The number of alkyl carbamates (subject to hydrolysis) is 1. The van der Waals surface area contributed by atoms with Gasteiger partial charge >= 0.3 is 6.09 Å². The Kier molecular flexibility index (Phi) is 6.15. The van der Waals surface area contributed by atoms with Gasteiger partial charge in [-0.3, -0.25) is 14.9 Å². The van der Waals surface area contributed by atoms with Crippen molar-refractivity contribution in [3.63, 3.8) is 0 Å². The highest BCUT2D eigenvalue weighted by atomic mass is 16.6. The van der Waals surface area contributed by atoms with Crippen LogP contribution in [0, 0.1) is 45.8 Å². The molecule has 7 heteroatoms. The lowest BCUT2D eigenvalue weighted by atomic mass is 9.50. The number of nitrogens with zero attached hydrogens (tertiary/aromatic N) is 1. The summed E-state index contributed by atoms with van der Waals surface area (Å²) >= 11 is 0. The Morgan fingerprint density at radius 3 is 2.62 bits per heavy atom. The number of carbonyl (C=O) groups is 3. The van der Waals surface area contributed by atoms with Crippen molar-refractivity contribution in [1.29, 1.82) is 0 Å². The first-order valence-electron chi connectivity index (χ1n) is 14.6. The Morgan fingerprint density at radius 1 is 1.16 bits per heavy atom. The Hall–Kier alpha value is -1.73. The fourth-order valence-corrected chi connectivity index (χ4v) is 10.0. The molecular weight excluding hydrogens is 468 g/mol. The maximum Gasteiger partial charge on any atom is 0.414 e. The molecule has 4 aliphatic carbocycles. The third-order valence-corrected chi connectivity index (χ3v) is 12.0. The molecule has 6 rings (SSSR count). The van der Waals surface area contributed by atoms with Crippen LogP contribution in [0.1, 0.15) is 72.1 Å². The lowest BCUT2D eigenvalue weighted by Gasteiger charge is -2.55. The van der Waals surface area contributed by atoms with E-state index >= 15 is 0 Å². The average molecular weight is 513 g/mol. The van der Waals surface area contributed by atoms with Gasteiger partial charge in [-0.05, 0) is 82.1 Å². The van der Waals surface area contributed by atoms with Gasteiger partial charge in [0.05, 0.1) is 12.0 Å². The summed E-state index contributed by atoms with van der Waals surface area (Å²) in [5.74, 6) is 0.938. The smallest absolute Gasteiger partial charge is 0.414 e.